The summed E-state index contributed by atoms with van der Waals surface area (Å²) in [5.41, 5.74) is 6.21. The summed E-state index contributed by atoms with van der Waals surface area (Å²) in [7, 11) is 0. The summed E-state index contributed by atoms with van der Waals surface area (Å²) in [4.78, 5) is 13.8. The molecule has 6 nitrogen and oxygen atoms in total. The highest BCUT2D eigenvalue weighted by molar-refractivity contribution is 5.68. The molecule has 1 aromatic rings. The number of hydrogen-bond acceptors (Lipinski definition) is 5. The number of likely N-dealkylation sites (tertiary alicyclic amines) is 1. The minimum atomic E-state index is -0.470. The first-order valence-electron chi connectivity index (χ1n) is 7.37. The van der Waals surface area contributed by atoms with E-state index in [-0.39, 0.29) is 11.5 Å². The maximum atomic E-state index is 12.1. The predicted octanol–water partition coefficient (Wildman–Crippen LogP) is 2.21. The number of nitrogens with zero attached hydrogens (tertiary/aromatic N) is 2. The van der Waals surface area contributed by atoms with E-state index in [1.807, 2.05) is 33.8 Å². The number of nitrogens with two attached hydrogens (primary N) is 1. The number of amides is 1. The Hall–Kier alpha value is -1.56. The van der Waals surface area contributed by atoms with Gasteiger partial charge in [-0.1, -0.05) is 5.16 Å². The van der Waals surface area contributed by atoms with Crippen LogP contribution in [0.5, 0.6) is 0 Å². The fourth-order valence-electron chi connectivity index (χ4n) is 2.62. The van der Waals surface area contributed by atoms with Crippen LogP contribution in [0, 0.1) is 6.92 Å². The summed E-state index contributed by atoms with van der Waals surface area (Å²) in [6.45, 7) is 9.24. The Kier molecular flexibility index (Phi) is 4.27. The van der Waals surface area contributed by atoms with Gasteiger partial charge >= 0.3 is 6.09 Å². The van der Waals surface area contributed by atoms with Crippen LogP contribution in [0.15, 0.2) is 10.6 Å². The van der Waals surface area contributed by atoms with Gasteiger partial charge in [-0.2, -0.15) is 0 Å². The molecular weight excluding hydrogens is 270 g/mol. The topological polar surface area (TPSA) is 81.6 Å². The second-order valence-corrected chi connectivity index (χ2v) is 6.77. The van der Waals surface area contributed by atoms with E-state index in [1.54, 1.807) is 4.90 Å². The zero-order valence-electron chi connectivity index (χ0n) is 13.3. The second kappa shape index (κ2) is 5.67. The third-order valence-corrected chi connectivity index (χ3v) is 3.93. The van der Waals surface area contributed by atoms with Crippen molar-refractivity contribution in [1.82, 2.24) is 10.1 Å². The van der Waals surface area contributed by atoms with E-state index < -0.39 is 5.60 Å². The van der Waals surface area contributed by atoms with Gasteiger partial charge in [-0.05, 0) is 40.5 Å². The fraction of sp³-hybridized carbons (Fsp3) is 0.733. The van der Waals surface area contributed by atoms with Crippen LogP contribution in [-0.4, -0.2) is 41.4 Å². The molecule has 0 saturated carbocycles. The quantitative estimate of drug-likeness (QED) is 0.904. The minimum absolute atomic E-state index is 0.198. The number of ether oxygens (including phenoxy) is 1. The van der Waals surface area contributed by atoms with Gasteiger partial charge in [0.05, 0.1) is 5.69 Å². The molecule has 1 aromatic heterocycles. The third kappa shape index (κ3) is 3.56. The summed E-state index contributed by atoms with van der Waals surface area (Å²) in [5, 5.41) is 4.12. The van der Waals surface area contributed by atoms with Crippen LogP contribution in [0.4, 0.5) is 4.79 Å². The first-order chi connectivity index (χ1) is 9.76. The molecule has 1 aliphatic rings. The van der Waals surface area contributed by atoms with E-state index >= 15 is 0 Å². The molecule has 2 N–H and O–H groups in total. The maximum Gasteiger partial charge on any atom is 0.410 e. The van der Waals surface area contributed by atoms with E-state index in [1.165, 1.54) is 0 Å². The number of aromatic nitrogens is 1. The third-order valence-electron chi connectivity index (χ3n) is 3.93. The highest BCUT2D eigenvalue weighted by atomic mass is 16.6. The second-order valence-electron chi connectivity index (χ2n) is 6.77. The molecule has 1 amide bonds. The zero-order valence-corrected chi connectivity index (χ0v) is 13.3. The van der Waals surface area contributed by atoms with Crippen molar-refractivity contribution in [3.63, 3.8) is 0 Å². The lowest BCUT2D eigenvalue weighted by molar-refractivity contribution is 0.0164. The van der Waals surface area contributed by atoms with Crippen molar-refractivity contribution in [3.8, 4) is 0 Å². The van der Waals surface area contributed by atoms with Gasteiger partial charge in [0, 0.05) is 31.1 Å². The zero-order chi connectivity index (χ0) is 15.7. The summed E-state index contributed by atoms with van der Waals surface area (Å²) in [6.07, 6.45) is 1.29. The van der Waals surface area contributed by atoms with E-state index in [4.69, 9.17) is 15.0 Å². The molecular formula is C15H25N3O3. The monoisotopic (exact) mass is 295 g/mol. The molecule has 0 unspecified atom stereocenters. The van der Waals surface area contributed by atoms with Gasteiger partial charge in [-0.3, -0.25) is 0 Å². The van der Waals surface area contributed by atoms with Crippen LogP contribution in [0.3, 0.4) is 0 Å². The molecule has 0 aromatic carbocycles. The summed E-state index contributed by atoms with van der Waals surface area (Å²) < 4.78 is 10.6. The lowest BCUT2D eigenvalue weighted by atomic mass is 9.75. The number of carbonyl (C=O) groups excluding carboxylic acids is 1. The van der Waals surface area contributed by atoms with E-state index in [0.29, 0.717) is 19.6 Å². The van der Waals surface area contributed by atoms with Crippen LogP contribution in [0.25, 0.3) is 0 Å². The fourth-order valence-corrected chi connectivity index (χ4v) is 2.62. The normalized spacial score (nSPS) is 18.6. The highest BCUT2D eigenvalue weighted by Gasteiger charge is 2.39. The molecule has 2 heterocycles. The largest absolute Gasteiger partial charge is 0.444 e. The Labute approximate surface area is 125 Å². The van der Waals surface area contributed by atoms with Crippen molar-refractivity contribution in [3.05, 3.63) is 17.5 Å². The van der Waals surface area contributed by atoms with E-state index in [9.17, 15) is 4.79 Å². The summed E-state index contributed by atoms with van der Waals surface area (Å²) in [5.74, 6) is 0.785. The number of carbonyl (C=O) groups is 1. The Morgan fingerprint density at radius 3 is 2.52 bits per heavy atom. The first kappa shape index (κ1) is 15.8. The van der Waals surface area contributed by atoms with Gasteiger partial charge in [0.25, 0.3) is 0 Å². The molecule has 0 aliphatic carbocycles. The van der Waals surface area contributed by atoms with Crippen LogP contribution in [0.2, 0.25) is 0 Å². The van der Waals surface area contributed by atoms with Crippen LogP contribution in [-0.2, 0) is 10.2 Å². The standard InChI is InChI=1S/C15H25N3O3/c1-11-9-12(17-21-11)15(10-16)5-7-18(8-6-15)13(19)20-14(2,3)4/h9H,5-8,10,16H2,1-4H3. The van der Waals surface area contributed by atoms with E-state index in [2.05, 4.69) is 5.16 Å². The lowest BCUT2D eigenvalue weighted by Crippen LogP contribution is -2.49. The molecule has 21 heavy (non-hydrogen) atoms. The molecule has 1 saturated heterocycles. The van der Waals surface area contributed by atoms with Crippen LogP contribution >= 0.6 is 0 Å². The Morgan fingerprint density at radius 2 is 2.10 bits per heavy atom. The van der Waals surface area contributed by atoms with Gasteiger partial charge in [-0.25, -0.2) is 4.79 Å². The lowest BCUT2D eigenvalue weighted by Gasteiger charge is -2.40. The van der Waals surface area contributed by atoms with Gasteiger partial charge in [-0.15, -0.1) is 0 Å². The molecule has 1 fully saturated rings. The Balaban J connectivity index is 2.03. The van der Waals surface area contributed by atoms with Gasteiger partial charge in [0.1, 0.15) is 11.4 Å². The summed E-state index contributed by atoms with van der Waals surface area (Å²) >= 11 is 0. The number of hydrogen-bond donors (Lipinski definition) is 1. The number of aryl methyl sites for hydroxylation is 1. The molecule has 0 radical (unpaired) electrons. The smallest absolute Gasteiger partial charge is 0.410 e. The molecule has 0 bridgehead atoms. The molecule has 118 valence electrons. The van der Waals surface area contributed by atoms with Crippen LogP contribution < -0.4 is 5.73 Å². The molecule has 0 atom stereocenters. The van der Waals surface area contributed by atoms with Gasteiger partial charge in [0.2, 0.25) is 0 Å². The highest BCUT2D eigenvalue weighted by Crippen LogP contribution is 2.34. The van der Waals surface area contributed by atoms with Crippen LogP contribution in [0.1, 0.15) is 45.1 Å². The Bertz CT molecular complexity index is 497. The first-order valence-corrected chi connectivity index (χ1v) is 7.37. The SMILES string of the molecule is Cc1cc(C2(CN)CCN(C(=O)OC(C)(C)C)CC2)no1. The number of piperidine rings is 1. The van der Waals surface area contributed by atoms with Crippen molar-refractivity contribution in [2.24, 2.45) is 5.73 Å². The molecule has 1 aliphatic heterocycles. The Morgan fingerprint density at radius 1 is 1.48 bits per heavy atom. The number of rotatable bonds is 2. The molecule has 2 rings (SSSR count). The average Bonchev–Trinajstić information content (AvgIpc) is 2.84. The molecule has 6 heteroatoms. The average molecular weight is 295 g/mol. The minimum Gasteiger partial charge on any atom is -0.444 e. The van der Waals surface area contributed by atoms with Gasteiger partial charge < -0.3 is 19.9 Å². The van der Waals surface area contributed by atoms with E-state index in [0.717, 1.165) is 24.3 Å². The summed E-state index contributed by atoms with van der Waals surface area (Å²) in [6, 6.07) is 1.94. The van der Waals surface area contributed by atoms with Crippen molar-refractivity contribution < 1.29 is 14.1 Å². The molecule has 0 spiro atoms. The van der Waals surface area contributed by atoms with Crippen molar-refractivity contribution in [2.75, 3.05) is 19.6 Å². The van der Waals surface area contributed by atoms with Crippen molar-refractivity contribution >= 4 is 6.09 Å². The van der Waals surface area contributed by atoms with Crippen molar-refractivity contribution in [2.45, 2.75) is 51.6 Å². The van der Waals surface area contributed by atoms with Crippen molar-refractivity contribution in [1.29, 1.82) is 0 Å². The maximum absolute atomic E-state index is 12.1. The van der Waals surface area contributed by atoms with Gasteiger partial charge in [0.15, 0.2) is 0 Å². The predicted molar refractivity (Wildman–Crippen MR) is 79.0 cm³/mol.